The van der Waals surface area contributed by atoms with Gasteiger partial charge in [0.2, 0.25) is 0 Å². The van der Waals surface area contributed by atoms with Crippen molar-refractivity contribution in [1.29, 1.82) is 0 Å². The molecule has 4 heteroatoms. The third kappa shape index (κ3) is 1.53. The molecule has 2 aromatic rings. The Morgan fingerprint density at radius 1 is 1.38 bits per heavy atom. The Morgan fingerprint density at radius 3 is 2.85 bits per heavy atom. The third-order valence-corrected chi connectivity index (χ3v) is 3.23. The van der Waals surface area contributed by atoms with Crippen molar-refractivity contribution in [2.75, 3.05) is 0 Å². The summed E-state index contributed by atoms with van der Waals surface area (Å²) in [6, 6.07) is 9.83. The Labute approximate surface area is 84.1 Å². The monoisotopic (exact) mass is 211 g/mol. The molecule has 66 valence electrons. The molecule has 1 aromatic carbocycles. The van der Waals surface area contributed by atoms with Gasteiger partial charge in [-0.25, -0.2) is 0 Å². The average molecular weight is 212 g/mol. The molecule has 0 aliphatic heterocycles. The minimum Gasteiger partial charge on any atom is -0.410 e. The first-order valence-corrected chi connectivity index (χ1v) is 4.87. The van der Waals surface area contributed by atoms with Crippen LogP contribution in [0.25, 0.3) is 10.1 Å². The standard InChI is InChI=1S/C9H6ClNOS/c10-9(11-12)8-5-6-3-1-2-4-7(6)13-8/h1-5,12H. The van der Waals surface area contributed by atoms with Gasteiger partial charge in [-0.15, -0.1) is 11.3 Å². The van der Waals surface area contributed by atoms with E-state index < -0.39 is 0 Å². The molecular weight excluding hydrogens is 206 g/mol. The normalized spacial score (nSPS) is 12.2. The van der Waals surface area contributed by atoms with E-state index in [-0.39, 0.29) is 5.17 Å². The van der Waals surface area contributed by atoms with Crippen molar-refractivity contribution in [2.24, 2.45) is 5.16 Å². The van der Waals surface area contributed by atoms with Crippen LogP contribution in [-0.2, 0) is 0 Å². The zero-order valence-electron chi connectivity index (χ0n) is 6.57. The number of fused-ring (bicyclic) bond motifs is 1. The summed E-state index contributed by atoms with van der Waals surface area (Å²) < 4.78 is 1.14. The highest BCUT2D eigenvalue weighted by atomic mass is 35.5. The van der Waals surface area contributed by atoms with Crippen molar-refractivity contribution in [1.82, 2.24) is 0 Å². The minimum atomic E-state index is 0.140. The topological polar surface area (TPSA) is 32.6 Å². The lowest BCUT2D eigenvalue weighted by Gasteiger charge is -1.84. The molecule has 0 fully saturated rings. The van der Waals surface area contributed by atoms with Crippen LogP contribution in [0, 0.1) is 0 Å². The van der Waals surface area contributed by atoms with Gasteiger partial charge in [-0.3, -0.25) is 0 Å². The summed E-state index contributed by atoms with van der Waals surface area (Å²) in [6.07, 6.45) is 0. The average Bonchev–Trinajstić information content (AvgIpc) is 2.59. The van der Waals surface area contributed by atoms with E-state index in [1.165, 1.54) is 11.3 Å². The second-order valence-corrected chi connectivity index (χ2v) is 3.98. The van der Waals surface area contributed by atoms with Gasteiger partial charge >= 0.3 is 0 Å². The fourth-order valence-corrected chi connectivity index (χ4v) is 2.24. The Hall–Kier alpha value is -1.06. The summed E-state index contributed by atoms with van der Waals surface area (Å²) in [4.78, 5) is 0.783. The Morgan fingerprint density at radius 2 is 2.15 bits per heavy atom. The molecular formula is C9H6ClNOS. The van der Waals surface area contributed by atoms with E-state index in [4.69, 9.17) is 16.8 Å². The van der Waals surface area contributed by atoms with E-state index in [9.17, 15) is 0 Å². The Balaban J connectivity index is 2.62. The molecule has 13 heavy (non-hydrogen) atoms. The highest BCUT2D eigenvalue weighted by molar-refractivity contribution is 7.22. The van der Waals surface area contributed by atoms with Crippen LogP contribution in [0.15, 0.2) is 35.5 Å². The van der Waals surface area contributed by atoms with Gasteiger partial charge in [-0.05, 0) is 17.5 Å². The van der Waals surface area contributed by atoms with Crippen LogP contribution in [0.4, 0.5) is 0 Å². The van der Waals surface area contributed by atoms with Gasteiger partial charge in [-0.2, -0.15) is 0 Å². The number of halogens is 1. The highest BCUT2D eigenvalue weighted by Gasteiger charge is 2.05. The van der Waals surface area contributed by atoms with Crippen molar-refractivity contribution in [2.45, 2.75) is 0 Å². The molecule has 0 aliphatic carbocycles. The van der Waals surface area contributed by atoms with Gasteiger partial charge in [0.25, 0.3) is 0 Å². The summed E-state index contributed by atoms with van der Waals surface area (Å²) >= 11 is 7.18. The number of rotatable bonds is 1. The lowest BCUT2D eigenvalue weighted by atomic mass is 10.2. The highest BCUT2D eigenvalue weighted by Crippen LogP contribution is 2.26. The van der Waals surface area contributed by atoms with E-state index in [0.717, 1.165) is 15.0 Å². The van der Waals surface area contributed by atoms with Crippen molar-refractivity contribution in [3.8, 4) is 0 Å². The molecule has 0 spiro atoms. The van der Waals surface area contributed by atoms with Crippen molar-refractivity contribution >= 4 is 38.2 Å². The summed E-state index contributed by atoms with van der Waals surface area (Å²) in [5.41, 5.74) is 0. The van der Waals surface area contributed by atoms with Crippen LogP contribution in [0.1, 0.15) is 4.88 Å². The maximum absolute atomic E-state index is 8.48. The predicted octanol–water partition coefficient (Wildman–Crippen LogP) is 3.28. The number of hydrogen-bond donors (Lipinski definition) is 1. The molecule has 0 aliphatic rings. The number of benzene rings is 1. The van der Waals surface area contributed by atoms with E-state index in [1.807, 2.05) is 30.3 Å². The van der Waals surface area contributed by atoms with Crippen molar-refractivity contribution in [3.63, 3.8) is 0 Å². The number of hydrogen-bond acceptors (Lipinski definition) is 3. The maximum atomic E-state index is 8.48. The van der Waals surface area contributed by atoms with Crippen LogP contribution in [0.5, 0.6) is 0 Å². The first-order chi connectivity index (χ1) is 6.31. The molecule has 0 atom stereocenters. The molecule has 1 heterocycles. The van der Waals surface area contributed by atoms with Gasteiger partial charge in [0.15, 0.2) is 5.17 Å². The van der Waals surface area contributed by atoms with Gasteiger partial charge in [-0.1, -0.05) is 35.0 Å². The lowest BCUT2D eigenvalue weighted by Crippen LogP contribution is -1.83. The summed E-state index contributed by atoms with van der Waals surface area (Å²) in [6.45, 7) is 0. The van der Waals surface area contributed by atoms with Crippen molar-refractivity contribution < 1.29 is 5.21 Å². The molecule has 1 N–H and O–H groups in total. The van der Waals surface area contributed by atoms with Crippen LogP contribution >= 0.6 is 22.9 Å². The largest absolute Gasteiger partial charge is 0.410 e. The van der Waals surface area contributed by atoms with Crippen LogP contribution < -0.4 is 0 Å². The Bertz CT molecular complexity index is 430. The van der Waals surface area contributed by atoms with Gasteiger partial charge in [0.1, 0.15) is 0 Å². The summed E-state index contributed by atoms with van der Waals surface area (Å²) in [7, 11) is 0. The fraction of sp³-hybridized carbons (Fsp3) is 0. The van der Waals surface area contributed by atoms with Crippen LogP contribution in [0.2, 0.25) is 0 Å². The molecule has 0 amide bonds. The smallest absolute Gasteiger partial charge is 0.185 e. The van der Waals surface area contributed by atoms with Crippen LogP contribution in [0.3, 0.4) is 0 Å². The van der Waals surface area contributed by atoms with Gasteiger partial charge < -0.3 is 5.21 Å². The molecule has 0 saturated heterocycles. The quantitative estimate of drug-likeness (QED) is 0.438. The predicted molar refractivity (Wildman–Crippen MR) is 56.0 cm³/mol. The molecule has 2 nitrogen and oxygen atoms in total. The molecule has 0 radical (unpaired) electrons. The SMILES string of the molecule is ON=C(Cl)c1cc2ccccc2s1. The number of nitrogens with zero attached hydrogens (tertiary/aromatic N) is 1. The number of oxime groups is 1. The molecule has 0 unspecified atom stereocenters. The van der Waals surface area contributed by atoms with E-state index in [1.54, 1.807) is 0 Å². The van der Waals surface area contributed by atoms with Crippen molar-refractivity contribution in [3.05, 3.63) is 35.2 Å². The first kappa shape index (κ1) is 8.53. The van der Waals surface area contributed by atoms with E-state index in [0.29, 0.717) is 0 Å². The second kappa shape index (κ2) is 3.36. The third-order valence-electron chi connectivity index (χ3n) is 1.72. The first-order valence-electron chi connectivity index (χ1n) is 3.68. The zero-order chi connectivity index (χ0) is 9.26. The second-order valence-electron chi connectivity index (χ2n) is 2.54. The van der Waals surface area contributed by atoms with Crippen LogP contribution in [-0.4, -0.2) is 10.4 Å². The molecule has 1 aromatic heterocycles. The lowest BCUT2D eigenvalue weighted by molar-refractivity contribution is 0.321. The van der Waals surface area contributed by atoms with E-state index >= 15 is 0 Å². The summed E-state index contributed by atoms with van der Waals surface area (Å²) in [5, 5.41) is 12.7. The van der Waals surface area contributed by atoms with Gasteiger partial charge in [0, 0.05) is 4.70 Å². The summed E-state index contributed by atoms with van der Waals surface area (Å²) in [5.74, 6) is 0. The fourth-order valence-electron chi connectivity index (χ4n) is 1.13. The van der Waals surface area contributed by atoms with Gasteiger partial charge in [0.05, 0.1) is 4.88 Å². The molecule has 2 rings (SSSR count). The maximum Gasteiger partial charge on any atom is 0.185 e. The van der Waals surface area contributed by atoms with E-state index in [2.05, 4.69) is 5.16 Å². The minimum absolute atomic E-state index is 0.140. The molecule has 0 saturated carbocycles. The zero-order valence-corrected chi connectivity index (χ0v) is 8.14. The Kier molecular flexibility index (Phi) is 2.20. The molecule has 0 bridgehead atoms. The number of thiophene rings is 1.